The maximum Gasteiger partial charge on any atom is 0.255 e. The van der Waals surface area contributed by atoms with Crippen LogP contribution in [0.5, 0.6) is 5.75 Å². The maximum absolute atomic E-state index is 13.0. The molecular weight excluding hydrogens is 359 g/mol. The Hall–Kier alpha value is -2.61. The largest absolute Gasteiger partial charge is 0.496 e. The third kappa shape index (κ3) is 4.51. The third-order valence-corrected chi connectivity index (χ3v) is 5.21. The van der Waals surface area contributed by atoms with Crippen molar-refractivity contribution in [1.82, 2.24) is 5.32 Å². The highest BCUT2D eigenvalue weighted by Crippen LogP contribution is 2.26. The van der Waals surface area contributed by atoms with Crippen LogP contribution in [0.15, 0.2) is 42.5 Å². The summed E-state index contributed by atoms with van der Waals surface area (Å²) in [6.45, 7) is 1.77. The van der Waals surface area contributed by atoms with Gasteiger partial charge in [0.15, 0.2) is 0 Å². The highest BCUT2D eigenvalue weighted by molar-refractivity contribution is 7.92. The number of hydrogen-bond donors (Lipinski definition) is 1. The van der Waals surface area contributed by atoms with Crippen molar-refractivity contribution >= 4 is 21.6 Å². The molecule has 0 spiro atoms. The zero-order chi connectivity index (χ0) is 19.5. The lowest BCUT2D eigenvalue weighted by Gasteiger charge is -2.20. The van der Waals surface area contributed by atoms with Crippen LogP contribution in [-0.2, 0) is 10.0 Å². The van der Waals surface area contributed by atoms with Crippen molar-refractivity contribution in [2.24, 2.45) is 0 Å². The van der Waals surface area contributed by atoms with Gasteiger partial charge in [0, 0.05) is 7.05 Å². The van der Waals surface area contributed by atoms with Crippen LogP contribution < -0.4 is 14.4 Å². The lowest BCUT2D eigenvalue weighted by molar-refractivity contribution is 0.0937. The van der Waals surface area contributed by atoms with E-state index >= 15 is 0 Å². The van der Waals surface area contributed by atoms with Crippen molar-refractivity contribution in [2.45, 2.75) is 13.0 Å². The maximum atomic E-state index is 13.0. The van der Waals surface area contributed by atoms with Gasteiger partial charge in [0.1, 0.15) is 11.6 Å². The van der Waals surface area contributed by atoms with Gasteiger partial charge < -0.3 is 10.1 Å². The first-order valence-corrected chi connectivity index (χ1v) is 9.66. The number of anilines is 1. The minimum atomic E-state index is -3.46. The van der Waals surface area contributed by atoms with Gasteiger partial charge in [-0.05, 0) is 42.8 Å². The van der Waals surface area contributed by atoms with Gasteiger partial charge in [0.25, 0.3) is 5.91 Å². The number of amides is 1. The average molecular weight is 380 g/mol. The molecule has 0 aromatic heterocycles. The van der Waals surface area contributed by atoms with Crippen molar-refractivity contribution in [3.05, 3.63) is 59.4 Å². The second-order valence-corrected chi connectivity index (χ2v) is 7.88. The number of benzene rings is 2. The van der Waals surface area contributed by atoms with Crippen LogP contribution in [0.25, 0.3) is 0 Å². The number of nitrogens with one attached hydrogen (secondary N) is 1. The summed E-state index contributed by atoms with van der Waals surface area (Å²) < 4.78 is 42.8. The first kappa shape index (κ1) is 19.7. The molecule has 0 saturated carbocycles. The van der Waals surface area contributed by atoms with Gasteiger partial charge in [-0.15, -0.1) is 0 Å². The predicted octanol–water partition coefficient (Wildman–Crippen LogP) is 2.72. The van der Waals surface area contributed by atoms with E-state index in [1.807, 2.05) is 0 Å². The molecule has 2 aromatic rings. The normalized spacial score (nSPS) is 12.3. The van der Waals surface area contributed by atoms with E-state index in [9.17, 15) is 17.6 Å². The molecule has 1 amide bonds. The number of methoxy groups -OCH3 is 1. The summed E-state index contributed by atoms with van der Waals surface area (Å²) in [5, 5.41) is 2.80. The average Bonchev–Trinajstić information content (AvgIpc) is 2.60. The monoisotopic (exact) mass is 380 g/mol. The third-order valence-electron chi connectivity index (χ3n) is 4.01. The molecule has 0 saturated heterocycles. The molecule has 0 fully saturated rings. The minimum Gasteiger partial charge on any atom is -0.496 e. The molecule has 140 valence electrons. The van der Waals surface area contributed by atoms with Crippen LogP contribution in [0.2, 0.25) is 0 Å². The quantitative estimate of drug-likeness (QED) is 0.836. The molecule has 8 heteroatoms. The van der Waals surface area contributed by atoms with Crippen LogP contribution in [0, 0.1) is 5.82 Å². The van der Waals surface area contributed by atoms with Crippen molar-refractivity contribution in [3.8, 4) is 5.75 Å². The van der Waals surface area contributed by atoms with Crippen molar-refractivity contribution in [1.29, 1.82) is 0 Å². The molecule has 0 aliphatic heterocycles. The standard InChI is InChI=1S/C18H21FN2O4S/c1-12(13-5-7-14(19)8-6-13)20-18(22)16-11-15(9-10-17(16)25-3)21(2)26(4,23)24/h5-12H,1-4H3,(H,20,22). The number of ether oxygens (including phenoxy) is 1. The lowest BCUT2D eigenvalue weighted by atomic mass is 10.1. The molecule has 0 heterocycles. The van der Waals surface area contributed by atoms with E-state index in [-0.39, 0.29) is 17.4 Å². The van der Waals surface area contributed by atoms with Crippen LogP contribution >= 0.6 is 0 Å². The summed E-state index contributed by atoms with van der Waals surface area (Å²) in [5.74, 6) is -0.465. The predicted molar refractivity (Wildman–Crippen MR) is 98.5 cm³/mol. The molecule has 1 atom stereocenters. The molecule has 0 bridgehead atoms. The fraction of sp³-hybridized carbons (Fsp3) is 0.278. The van der Waals surface area contributed by atoms with Gasteiger partial charge >= 0.3 is 0 Å². The zero-order valence-electron chi connectivity index (χ0n) is 15.0. The van der Waals surface area contributed by atoms with E-state index < -0.39 is 15.9 Å². The van der Waals surface area contributed by atoms with E-state index in [4.69, 9.17) is 4.74 Å². The molecule has 0 aliphatic rings. The fourth-order valence-electron chi connectivity index (χ4n) is 2.37. The smallest absolute Gasteiger partial charge is 0.255 e. The van der Waals surface area contributed by atoms with Crippen LogP contribution in [0.1, 0.15) is 28.9 Å². The Bertz CT molecular complexity index is 898. The summed E-state index contributed by atoms with van der Waals surface area (Å²) in [6, 6.07) is 9.99. The number of carbonyl (C=O) groups is 1. The Balaban J connectivity index is 2.30. The number of sulfonamides is 1. The molecule has 1 unspecified atom stereocenters. The van der Waals surface area contributed by atoms with E-state index in [1.165, 1.54) is 38.4 Å². The van der Waals surface area contributed by atoms with Crippen molar-refractivity contribution in [2.75, 3.05) is 24.7 Å². The molecule has 26 heavy (non-hydrogen) atoms. The lowest BCUT2D eigenvalue weighted by Crippen LogP contribution is -2.28. The van der Waals surface area contributed by atoms with E-state index in [1.54, 1.807) is 25.1 Å². The Morgan fingerprint density at radius 2 is 1.81 bits per heavy atom. The number of halogens is 1. The molecular formula is C18H21FN2O4S. The summed E-state index contributed by atoms with van der Waals surface area (Å²) in [5.41, 5.74) is 1.28. The van der Waals surface area contributed by atoms with Gasteiger partial charge in [-0.2, -0.15) is 0 Å². The molecule has 0 radical (unpaired) electrons. The van der Waals surface area contributed by atoms with Crippen molar-refractivity contribution < 1.29 is 22.3 Å². The molecule has 6 nitrogen and oxygen atoms in total. The van der Waals surface area contributed by atoms with Gasteiger partial charge in [0.2, 0.25) is 10.0 Å². The summed E-state index contributed by atoms with van der Waals surface area (Å²) in [6.07, 6.45) is 1.08. The number of carbonyl (C=O) groups excluding carboxylic acids is 1. The Labute approximate surface area is 152 Å². The van der Waals surface area contributed by atoms with E-state index in [0.29, 0.717) is 11.4 Å². The summed E-state index contributed by atoms with van der Waals surface area (Å²) in [7, 11) is -0.634. The van der Waals surface area contributed by atoms with Crippen LogP contribution in [0.3, 0.4) is 0 Å². The van der Waals surface area contributed by atoms with Gasteiger partial charge in [-0.25, -0.2) is 12.8 Å². The Morgan fingerprint density at radius 3 is 2.35 bits per heavy atom. The molecule has 0 aliphatic carbocycles. The highest BCUT2D eigenvalue weighted by atomic mass is 32.2. The van der Waals surface area contributed by atoms with Gasteiger partial charge in [-0.3, -0.25) is 9.10 Å². The highest BCUT2D eigenvalue weighted by Gasteiger charge is 2.19. The van der Waals surface area contributed by atoms with Crippen molar-refractivity contribution in [3.63, 3.8) is 0 Å². The Morgan fingerprint density at radius 1 is 1.19 bits per heavy atom. The number of hydrogen-bond acceptors (Lipinski definition) is 4. The van der Waals surface area contributed by atoms with E-state index in [2.05, 4.69) is 5.32 Å². The SMILES string of the molecule is COc1ccc(N(C)S(C)(=O)=O)cc1C(=O)NC(C)c1ccc(F)cc1. The Kier molecular flexibility index (Phi) is 5.86. The number of rotatable bonds is 6. The van der Waals surface area contributed by atoms with Crippen LogP contribution in [-0.4, -0.2) is 34.7 Å². The van der Waals surface area contributed by atoms with Gasteiger partial charge in [0.05, 0.1) is 30.7 Å². The second kappa shape index (κ2) is 7.74. The molecule has 2 aromatic carbocycles. The number of nitrogens with zero attached hydrogens (tertiary/aromatic N) is 1. The summed E-state index contributed by atoms with van der Waals surface area (Å²) in [4.78, 5) is 12.7. The van der Waals surface area contributed by atoms with E-state index in [0.717, 1.165) is 16.1 Å². The fourth-order valence-corrected chi connectivity index (χ4v) is 2.87. The molecule has 1 N–H and O–H groups in total. The zero-order valence-corrected chi connectivity index (χ0v) is 15.8. The topological polar surface area (TPSA) is 75.7 Å². The minimum absolute atomic E-state index is 0.203. The molecule has 2 rings (SSSR count). The second-order valence-electron chi connectivity index (χ2n) is 5.86. The van der Waals surface area contributed by atoms with Crippen LogP contribution in [0.4, 0.5) is 10.1 Å². The van der Waals surface area contributed by atoms with Gasteiger partial charge in [-0.1, -0.05) is 12.1 Å². The first-order chi connectivity index (χ1) is 12.1. The first-order valence-electron chi connectivity index (χ1n) is 7.81. The summed E-state index contributed by atoms with van der Waals surface area (Å²) >= 11 is 0.